The first kappa shape index (κ1) is 21.0. The standard InChI is InChI=1S/C17H24F2N4O4S/c1-7-11-10(8(2)22-15(24)14(18)19)16(25)23(11)12(17(26)27)13(7)28-6-9-5-20-3-4-21-9/h7-11,14,20-21H,3-6H2,1-2H3,(H,22,24)(H,26,27)/t7-,8-,9+,10-,11-/m1/s1. The second-order valence-electron chi connectivity index (χ2n) is 7.30. The quantitative estimate of drug-likeness (QED) is 0.425. The van der Waals surface area contributed by atoms with Crippen LogP contribution in [0.3, 0.4) is 0 Å². The summed E-state index contributed by atoms with van der Waals surface area (Å²) in [5.41, 5.74) is -0.0279. The fourth-order valence-electron chi connectivity index (χ4n) is 4.13. The lowest BCUT2D eigenvalue weighted by Gasteiger charge is -2.47. The van der Waals surface area contributed by atoms with Gasteiger partial charge in [0.2, 0.25) is 5.91 Å². The van der Waals surface area contributed by atoms with E-state index < -0.39 is 42.2 Å². The number of halogens is 2. The first-order valence-electron chi connectivity index (χ1n) is 9.20. The molecule has 3 rings (SSSR count). The number of hydrogen-bond acceptors (Lipinski definition) is 6. The van der Waals surface area contributed by atoms with Crippen LogP contribution in [-0.2, 0) is 14.4 Å². The number of aliphatic carboxylic acids is 1. The topological polar surface area (TPSA) is 111 Å². The molecule has 156 valence electrons. The van der Waals surface area contributed by atoms with Gasteiger partial charge in [-0.15, -0.1) is 11.8 Å². The van der Waals surface area contributed by atoms with Crippen LogP contribution < -0.4 is 16.0 Å². The third-order valence-corrected chi connectivity index (χ3v) is 6.91. The second kappa shape index (κ2) is 8.34. The fraction of sp³-hybridized carbons (Fsp3) is 0.706. The van der Waals surface area contributed by atoms with Crippen molar-refractivity contribution in [3.05, 3.63) is 10.6 Å². The predicted molar refractivity (Wildman–Crippen MR) is 98.7 cm³/mol. The van der Waals surface area contributed by atoms with Gasteiger partial charge < -0.3 is 26.0 Å². The molecule has 0 radical (unpaired) electrons. The zero-order valence-electron chi connectivity index (χ0n) is 15.6. The van der Waals surface area contributed by atoms with E-state index in [1.165, 1.54) is 23.6 Å². The van der Waals surface area contributed by atoms with E-state index in [-0.39, 0.29) is 17.7 Å². The maximum absolute atomic E-state index is 12.6. The van der Waals surface area contributed by atoms with Crippen molar-refractivity contribution >= 4 is 29.5 Å². The number of rotatable bonds is 7. The first-order chi connectivity index (χ1) is 13.2. The van der Waals surface area contributed by atoms with Crippen molar-refractivity contribution in [2.75, 3.05) is 25.4 Å². The van der Waals surface area contributed by atoms with Gasteiger partial charge in [-0.3, -0.25) is 9.59 Å². The number of carboxylic acids is 1. The van der Waals surface area contributed by atoms with Crippen LogP contribution in [0.25, 0.3) is 0 Å². The third kappa shape index (κ3) is 3.74. The molecule has 0 aromatic heterocycles. The van der Waals surface area contributed by atoms with E-state index >= 15 is 0 Å². The molecule has 0 aromatic rings. The Kier molecular flexibility index (Phi) is 6.25. The van der Waals surface area contributed by atoms with Crippen LogP contribution in [0.5, 0.6) is 0 Å². The zero-order valence-corrected chi connectivity index (χ0v) is 16.4. The third-order valence-electron chi connectivity index (χ3n) is 5.46. The SMILES string of the molecule is C[C@@H](NC(=O)C(F)F)[C@H]1C(=O)N2C(C(=O)O)=C(SC[C@@H]3CNCCN3)[C@H](C)[C@H]12. The van der Waals surface area contributed by atoms with E-state index in [1.54, 1.807) is 0 Å². The lowest BCUT2D eigenvalue weighted by molar-refractivity contribution is -0.159. The molecule has 0 spiro atoms. The van der Waals surface area contributed by atoms with Gasteiger partial charge >= 0.3 is 12.4 Å². The molecule has 3 heterocycles. The summed E-state index contributed by atoms with van der Waals surface area (Å²) in [5.74, 6) is -3.38. The van der Waals surface area contributed by atoms with Gasteiger partial charge in [-0.05, 0) is 6.92 Å². The highest BCUT2D eigenvalue weighted by atomic mass is 32.2. The van der Waals surface area contributed by atoms with Crippen LogP contribution in [0.2, 0.25) is 0 Å². The Labute approximate surface area is 165 Å². The monoisotopic (exact) mass is 418 g/mol. The molecule has 2 fully saturated rings. The van der Waals surface area contributed by atoms with E-state index in [2.05, 4.69) is 16.0 Å². The number of alkyl halides is 2. The molecule has 2 saturated heterocycles. The maximum atomic E-state index is 12.6. The zero-order chi connectivity index (χ0) is 20.6. The normalized spacial score (nSPS) is 30.9. The largest absolute Gasteiger partial charge is 0.477 e. The molecule has 11 heteroatoms. The van der Waals surface area contributed by atoms with Crippen molar-refractivity contribution in [2.45, 2.75) is 38.4 Å². The summed E-state index contributed by atoms with van der Waals surface area (Å²) in [6, 6.07) is -1.06. The van der Waals surface area contributed by atoms with Gasteiger partial charge in [0.15, 0.2) is 0 Å². The highest BCUT2D eigenvalue weighted by Crippen LogP contribution is 2.50. The molecule has 3 aliphatic heterocycles. The lowest BCUT2D eigenvalue weighted by atomic mass is 9.78. The maximum Gasteiger partial charge on any atom is 0.353 e. The molecule has 0 saturated carbocycles. The number of carbonyl (C=O) groups is 3. The van der Waals surface area contributed by atoms with Gasteiger partial charge in [0.1, 0.15) is 5.70 Å². The molecule has 3 aliphatic rings. The van der Waals surface area contributed by atoms with Crippen LogP contribution in [0.15, 0.2) is 10.6 Å². The van der Waals surface area contributed by atoms with E-state index in [1.807, 2.05) is 6.92 Å². The van der Waals surface area contributed by atoms with Crippen molar-refractivity contribution in [3.8, 4) is 0 Å². The number of nitrogens with one attached hydrogen (secondary N) is 3. The number of thioether (sulfide) groups is 1. The van der Waals surface area contributed by atoms with Gasteiger partial charge in [-0.2, -0.15) is 8.78 Å². The van der Waals surface area contributed by atoms with Crippen molar-refractivity contribution in [1.82, 2.24) is 20.9 Å². The molecule has 2 amide bonds. The predicted octanol–water partition coefficient (Wildman–Crippen LogP) is -0.176. The minimum Gasteiger partial charge on any atom is -0.477 e. The molecular weight excluding hydrogens is 394 g/mol. The summed E-state index contributed by atoms with van der Waals surface area (Å²) in [6.07, 6.45) is -3.16. The summed E-state index contributed by atoms with van der Waals surface area (Å²) in [4.78, 5) is 37.6. The number of hydrogen-bond donors (Lipinski definition) is 4. The fourth-order valence-corrected chi connectivity index (χ4v) is 5.47. The van der Waals surface area contributed by atoms with Crippen molar-refractivity contribution in [3.63, 3.8) is 0 Å². The molecule has 4 N–H and O–H groups in total. The Bertz CT molecular complexity index is 699. The van der Waals surface area contributed by atoms with Crippen LogP contribution in [0, 0.1) is 11.8 Å². The second-order valence-corrected chi connectivity index (χ2v) is 8.36. The molecular formula is C17H24F2N4O4S. The average molecular weight is 418 g/mol. The van der Waals surface area contributed by atoms with Gasteiger partial charge in [-0.25, -0.2) is 4.79 Å². The summed E-state index contributed by atoms with van der Waals surface area (Å²) >= 11 is 1.41. The molecule has 28 heavy (non-hydrogen) atoms. The van der Waals surface area contributed by atoms with E-state index in [0.717, 1.165) is 19.6 Å². The lowest BCUT2D eigenvalue weighted by Crippen LogP contribution is -2.66. The number of carboxylic acid groups (broad SMARTS) is 1. The van der Waals surface area contributed by atoms with Crippen molar-refractivity contribution in [2.24, 2.45) is 11.8 Å². The average Bonchev–Trinajstić information content (AvgIpc) is 2.89. The molecule has 0 unspecified atom stereocenters. The van der Waals surface area contributed by atoms with Gasteiger partial charge in [0.25, 0.3) is 5.91 Å². The van der Waals surface area contributed by atoms with Crippen molar-refractivity contribution in [1.29, 1.82) is 0 Å². The van der Waals surface area contributed by atoms with Gasteiger partial charge in [-0.1, -0.05) is 6.92 Å². The van der Waals surface area contributed by atoms with Crippen LogP contribution in [0.4, 0.5) is 8.78 Å². The minimum absolute atomic E-state index is 0.0279. The summed E-state index contributed by atoms with van der Waals surface area (Å²) in [7, 11) is 0. The van der Waals surface area contributed by atoms with E-state index in [9.17, 15) is 28.3 Å². The Morgan fingerprint density at radius 3 is 2.68 bits per heavy atom. The van der Waals surface area contributed by atoms with Crippen LogP contribution >= 0.6 is 11.8 Å². The summed E-state index contributed by atoms with van der Waals surface area (Å²) < 4.78 is 25.0. The number of β-lactam (4-membered cyclic amide) rings is 1. The number of carbonyl (C=O) groups excluding carboxylic acids is 2. The van der Waals surface area contributed by atoms with E-state index in [0.29, 0.717) is 10.7 Å². The number of piperazine rings is 1. The minimum atomic E-state index is -3.16. The smallest absolute Gasteiger partial charge is 0.353 e. The first-order valence-corrected chi connectivity index (χ1v) is 10.2. The molecule has 0 aromatic carbocycles. The van der Waals surface area contributed by atoms with Gasteiger partial charge in [0, 0.05) is 48.3 Å². The Morgan fingerprint density at radius 2 is 2.11 bits per heavy atom. The van der Waals surface area contributed by atoms with Gasteiger partial charge in [0.05, 0.1) is 12.0 Å². The van der Waals surface area contributed by atoms with Crippen LogP contribution in [-0.4, -0.2) is 77.7 Å². The highest BCUT2D eigenvalue weighted by Gasteiger charge is 2.60. The molecule has 0 bridgehead atoms. The van der Waals surface area contributed by atoms with E-state index in [4.69, 9.17) is 0 Å². The molecule has 8 nitrogen and oxygen atoms in total. The number of nitrogens with zero attached hydrogens (tertiary/aromatic N) is 1. The Morgan fingerprint density at radius 1 is 1.39 bits per heavy atom. The highest BCUT2D eigenvalue weighted by molar-refractivity contribution is 8.03. The van der Waals surface area contributed by atoms with Crippen LogP contribution in [0.1, 0.15) is 13.8 Å². The Hall–Kier alpha value is -1.72. The number of fused-ring (bicyclic) bond motifs is 1. The number of amides is 2. The Balaban J connectivity index is 1.73. The summed E-state index contributed by atoms with van der Waals surface area (Å²) in [5, 5.41) is 18.4. The van der Waals surface area contributed by atoms with Crippen molar-refractivity contribution < 1.29 is 28.3 Å². The molecule has 0 aliphatic carbocycles. The molecule has 5 atom stereocenters. The summed E-state index contributed by atoms with van der Waals surface area (Å²) in [6.45, 7) is 5.83.